The number of aromatic nitrogens is 2. The predicted molar refractivity (Wildman–Crippen MR) is 138 cm³/mol. The Morgan fingerprint density at radius 2 is 1.77 bits per heavy atom. The number of imidazole rings is 1. The molecule has 0 N–H and O–H groups in total. The van der Waals surface area contributed by atoms with E-state index in [4.69, 9.17) is 37.7 Å². The molecule has 35 heavy (non-hydrogen) atoms. The second-order valence-electron chi connectivity index (χ2n) is 8.66. The Bertz CT molecular complexity index is 1390. The lowest BCUT2D eigenvalue weighted by molar-refractivity contribution is 0.0599. The summed E-state index contributed by atoms with van der Waals surface area (Å²) in [4.78, 5) is 17.5. The number of esters is 1. The summed E-state index contributed by atoms with van der Waals surface area (Å²) in [6.07, 6.45) is 3.95. The normalized spacial score (nSPS) is 13.9. The van der Waals surface area contributed by atoms with E-state index in [0.717, 1.165) is 41.2 Å². The second-order valence-corrected chi connectivity index (χ2v) is 9.50. The highest BCUT2D eigenvalue weighted by molar-refractivity contribution is 6.36. The monoisotopic (exact) mass is 506 g/mol. The van der Waals surface area contributed by atoms with Gasteiger partial charge in [0.1, 0.15) is 11.6 Å². The van der Waals surface area contributed by atoms with Crippen LogP contribution in [0.5, 0.6) is 5.75 Å². The van der Waals surface area contributed by atoms with Crippen molar-refractivity contribution in [1.29, 1.82) is 0 Å². The molecular weight excluding hydrogens is 483 g/mol. The van der Waals surface area contributed by atoms with E-state index in [1.165, 1.54) is 12.7 Å². The number of nitrogens with zero attached hydrogens (tertiary/aromatic N) is 2. The van der Waals surface area contributed by atoms with Gasteiger partial charge >= 0.3 is 5.97 Å². The first-order valence-corrected chi connectivity index (χ1v) is 12.0. The number of rotatable bonds is 7. The maximum absolute atomic E-state index is 12.4. The summed E-state index contributed by atoms with van der Waals surface area (Å²) in [5.74, 6) is 1.39. The molecule has 5 rings (SSSR count). The zero-order valence-electron chi connectivity index (χ0n) is 19.4. The van der Waals surface area contributed by atoms with Gasteiger partial charge in [-0.1, -0.05) is 53.5 Å². The molecule has 0 spiro atoms. The molecule has 0 radical (unpaired) electrons. The highest BCUT2D eigenvalue weighted by Crippen LogP contribution is 2.53. The van der Waals surface area contributed by atoms with E-state index < -0.39 is 0 Å². The number of ether oxygens (including phenoxy) is 2. The topological polar surface area (TPSA) is 53.4 Å². The summed E-state index contributed by atoms with van der Waals surface area (Å²) in [6, 6.07) is 21.1. The molecule has 178 valence electrons. The van der Waals surface area contributed by atoms with E-state index in [1.807, 2.05) is 48.7 Å². The van der Waals surface area contributed by atoms with Gasteiger partial charge in [-0.25, -0.2) is 9.78 Å². The van der Waals surface area contributed by atoms with Gasteiger partial charge in [0.05, 0.1) is 35.9 Å². The zero-order chi connectivity index (χ0) is 24.6. The van der Waals surface area contributed by atoms with Crippen molar-refractivity contribution in [2.24, 2.45) is 0 Å². The number of halogens is 2. The van der Waals surface area contributed by atoms with Gasteiger partial charge in [0.15, 0.2) is 0 Å². The molecule has 0 amide bonds. The van der Waals surface area contributed by atoms with Crippen LogP contribution in [0.4, 0.5) is 0 Å². The van der Waals surface area contributed by atoms with Crippen LogP contribution in [0.15, 0.2) is 72.9 Å². The Kier molecular flexibility index (Phi) is 6.30. The molecule has 0 saturated heterocycles. The number of hydrogen-bond donors (Lipinski definition) is 0. The fourth-order valence-electron chi connectivity index (χ4n) is 4.57. The Morgan fingerprint density at radius 3 is 2.43 bits per heavy atom. The van der Waals surface area contributed by atoms with Gasteiger partial charge in [-0.05, 0) is 60.4 Å². The van der Waals surface area contributed by atoms with Gasteiger partial charge < -0.3 is 14.0 Å². The zero-order valence-corrected chi connectivity index (χ0v) is 20.9. The molecule has 1 aliphatic rings. The van der Waals surface area contributed by atoms with Crippen molar-refractivity contribution in [1.82, 2.24) is 9.55 Å². The SMILES string of the molecule is COC(=O)c1ccccc1Cn1cc(-c2ccc(Cl)cc2Cl)nc1C1(c2ccc(OC)cc2)CC1. The van der Waals surface area contributed by atoms with Crippen molar-refractivity contribution in [3.8, 4) is 17.0 Å². The maximum Gasteiger partial charge on any atom is 0.338 e. The molecule has 0 unspecified atom stereocenters. The minimum atomic E-state index is -0.362. The minimum Gasteiger partial charge on any atom is -0.497 e. The third-order valence-corrected chi connectivity index (χ3v) is 7.12. The third-order valence-electron chi connectivity index (χ3n) is 6.57. The fourth-order valence-corrected chi connectivity index (χ4v) is 5.08. The number of benzene rings is 3. The summed E-state index contributed by atoms with van der Waals surface area (Å²) in [5.41, 5.74) is 3.93. The number of methoxy groups -OCH3 is 2. The lowest BCUT2D eigenvalue weighted by Gasteiger charge is -2.19. The summed E-state index contributed by atoms with van der Waals surface area (Å²) in [7, 11) is 3.06. The molecule has 0 atom stereocenters. The molecule has 5 nitrogen and oxygen atoms in total. The number of hydrogen-bond acceptors (Lipinski definition) is 4. The molecule has 1 saturated carbocycles. The van der Waals surface area contributed by atoms with E-state index in [9.17, 15) is 4.79 Å². The Hall–Kier alpha value is -3.28. The van der Waals surface area contributed by atoms with Crippen LogP contribution in [-0.2, 0) is 16.7 Å². The van der Waals surface area contributed by atoms with E-state index >= 15 is 0 Å². The summed E-state index contributed by atoms with van der Waals surface area (Å²) < 4.78 is 12.5. The highest BCUT2D eigenvalue weighted by Gasteiger charge is 2.49. The van der Waals surface area contributed by atoms with Crippen LogP contribution >= 0.6 is 23.2 Å². The lowest BCUT2D eigenvalue weighted by atomic mass is 9.94. The van der Waals surface area contributed by atoms with Crippen molar-refractivity contribution in [2.75, 3.05) is 14.2 Å². The molecule has 1 fully saturated rings. The molecule has 7 heteroatoms. The maximum atomic E-state index is 12.4. The molecular formula is C28H24Cl2N2O3. The molecule has 1 aromatic heterocycles. The van der Waals surface area contributed by atoms with Crippen molar-refractivity contribution < 1.29 is 14.3 Å². The van der Waals surface area contributed by atoms with Crippen LogP contribution in [0.25, 0.3) is 11.3 Å². The van der Waals surface area contributed by atoms with Crippen LogP contribution in [0, 0.1) is 0 Å². The average Bonchev–Trinajstić information content (AvgIpc) is 3.58. The van der Waals surface area contributed by atoms with Crippen molar-refractivity contribution in [2.45, 2.75) is 24.8 Å². The van der Waals surface area contributed by atoms with Gasteiger partial charge in [0.25, 0.3) is 0 Å². The van der Waals surface area contributed by atoms with Gasteiger partial charge in [-0.15, -0.1) is 0 Å². The third kappa shape index (κ3) is 4.42. The van der Waals surface area contributed by atoms with Crippen molar-refractivity contribution in [3.63, 3.8) is 0 Å². The van der Waals surface area contributed by atoms with E-state index in [0.29, 0.717) is 22.2 Å². The number of carbonyl (C=O) groups is 1. The first kappa shape index (κ1) is 23.5. The van der Waals surface area contributed by atoms with E-state index in [1.54, 1.807) is 19.2 Å². The largest absolute Gasteiger partial charge is 0.497 e. The van der Waals surface area contributed by atoms with Crippen molar-refractivity contribution >= 4 is 29.2 Å². The summed E-state index contributed by atoms with van der Waals surface area (Å²) in [5, 5.41) is 1.11. The van der Waals surface area contributed by atoms with Gasteiger partial charge in [0, 0.05) is 23.3 Å². The van der Waals surface area contributed by atoms with Gasteiger partial charge in [0.2, 0.25) is 0 Å². The van der Waals surface area contributed by atoms with Crippen LogP contribution in [0.3, 0.4) is 0 Å². The summed E-state index contributed by atoms with van der Waals surface area (Å²) in [6.45, 7) is 0.469. The molecule has 3 aromatic carbocycles. The Balaban J connectivity index is 1.63. The highest BCUT2D eigenvalue weighted by atomic mass is 35.5. The summed E-state index contributed by atoms with van der Waals surface area (Å²) >= 11 is 12.7. The molecule has 1 heterocycles. The average molecular weight is 507 g/mol. The molecule has 0 bridgehead atoms. The number of carbonyl (C=O) groups excluding carboxylic acids is 1. The standard InChI is InChI=1S/C28H24Cl2N2O3/c1-34-21-10-7-19(8-11-21)28(13-14-28)27-31-25(23-12-9-20(29)15-24(23)30)17-32(27)16-18-5-3-4-6-22(18)26(33)35-2/h3-12,15,17H,13-14,16H2,1-2H3. The Labute approximate surface area is 214 Å². The van der Waals surface area contributed by atoms with Gasteiger partial charge in [-0.3, -0.25) is 0 Å². The van der Waals surface area contributed by atoms with Crippen molar-refractivity contribution in [3.05, 3.63) is 105 Å². The quantitative estimate of drug-likeness (QED) is 0.259. The van der Waals surface area contributed by atoms with Gasteiger partial charge in [-0.2, -0.15) is 0 Å². The first-order valence-electron chi connectivity index (χ1n) is 11.3. The van der Waals surface area contributed by atoms with E-state index in [2.05, 4.69) is 16.7 Å². The van der Waals surface area contributed by atoms with Crippen LogP contribution in [0.2, 0.25) is 10.0 Å². The fraction of sp³-hybridized carbons (Fsp3) is 0.214. The van der Waals surface area contributed by atoms with E-state index in [-0.39, 0.29) is 11.4 Å². The second kappa shape index (κ2) is 9.40. The van der Waals surface area contributed by atoms with Crippen LogP contribution in [-0.4, -0.2) is 29.7 Å². The Morgan fingerprint density at radius 1 is 1.03 bits per heavy atom. The lowest BCUT2D eigenvalue weighted by Crippen LogP contribution is -2.18. The molecule has 1 aliphatic carbocycles. The smallest absolute Gasteiger partial charge is 0.338 e. The molecule has 0 aliphatic heterocycles. The minimum absolute atomic E-state index is 0.219. The van der Waals surface area contributed by atoms with Crippen LogP contribution < -0.4 is 4.74 Å². The first-order chi connectivity index (χ1) is 16.9. The predicted octanol–water partition coefficient (Wildman–Crippen LogP) is 6.78. The van der Waals surface area contributed by atoms with Crippen LogP contribution in [0.1, 0.15) is 40.2 Å². The molecule has 4 aromatic rings.